The van der Waals surface area contributed by atoms with Crippen LogP contribution in [0.5, 0.6) is 0 Å². The van der Waals surface area contributed by atoms with E-state index in [0.29, 0.717) is 16.7 Å². The lowest BCUT2D eigenvalue weighted by Gasteiger charge is -2.06. The Morgan fingerprint density at radius 1 is 0.600 bits per heavy atom. The minimum absolute atomic E-state index is 0.100. The average Bonchev–Trinajstić information content (AvgIpc) is 2.69. The van der Waals surface area contributed by atoms with E-state index < -0.39 is 0 Å². The predicted molar refractivity (Wildman–Crippen MR) is 102 cm³/mol. The van der Waals surface area contributed by atoms with E-state index in [9.17, 15) is 9.90 Å². The summed E-state index contributed by atoms with van der Waals surface area (Å²) in [6.45, 7) is 0. The van der Waals surface area contributed by atoms with Gasteiger partial charge in [0.25, 0.3) is 0 Å². The van der Waals surface area contributed by atoms with Crippen molar-refractivity contribution in [1.82, 2.24) is 0 Å². The SMILES string of the molecule is O=C(/C=C(/C=C(\O)c1ccccc1)c1ccccc1)c1ccccc1. The maximum Gasteiger partial charge on any atom is 0.186 e. The zero-order valence-corrected chi connectivity index (χ0v) is 13.7. The molecule has 0 bridgehead atoms. The van der Waals surface area contributed by atoms with E-state index in [1.54, 1.807) is 24.3 Å². The molecule has 0 saturated heterocycles. The van der Waals surface area contributed by atoms with Crippen LogP contribution in [0.4, 0.5) is 0 Å². The molecule has 0 aliphatic heterocycles. The number of carbonyl (C=O) groups is 1. The highest BCUT2D eigenvalue weighted by Gasteiger charge is 2.07. The van der Waals surface area contributed by atoms with Crippen LogP contribution in [0.3, 0.4) is 0 Å². The summed E-state index contributed by atoms with van der Waals surface area (Å²) in [5.74, 6) is 0.0214. The van der Waals surface area contributed by atoms with Gasteiger partial charge in [0.2, 0.25) is 0 Å². The van der Waals surface area contributed by atoms with E-state index in [1.807, 2.05) is 78.9 Å². The van der Waals surface area contributed by atoms with Crippen LogP contribution in [0.1, 0.15) is 21.5 Å². The molecule has 122 valence electrons. The van der Waals surface area contributed by atoms with E-state index in [-0.39, 0.29) is 11.5 Å². The molecule has 3 rings (SSSR count). The molecule has 0 atom stereocenters. The molecule has 1 N–H and O–H groups in total. The van der Waals surface area contributed by atoms with Crippen molar-refractivity contribution in [2.75, 3.05) is 0 Å². The summed E-state index contributed by atoms with van der Waals surface area (Å²) in [6.07, 6.45) is 3.19. The van der Waals surface area contributed by atoms with Crippen LogP contribution in [-0.4, -0.2) is 10.9 Å². The van der Waals surface area contributed by atoms with Crippen LogP contribution in [0.2, 0.25) is 0 Å². The van der Waals surface area contributed by atoms with Crippen LogP contribution in [0.15, 0.2) is 103 Å². The molecule has 25 heavy (non-hydrogen) atoms. The standard InChI is InChI=1S/C23H18O2/c24-22(19-12-6-2-7-13-19)16-21(18-10-4-1-5-11-18)17-23(25)20-14-8-3-9-15-20/h1-17,24H/b21-17-,22-16-. The van der Waals surface area contributed by atoms with Gasteiger partial charge in [0.1, 0.15) is 5.76 Å². The molecule has 0 spiro atoms. The van der Waals surface area contributed by atoms with Crippen LogP contribution in [0.25, 0.3) is 11.3 Å². The van der Waals surface area contributed by atoms with Crippen molar-refractivity contribution in [2.45, 2.75) is 0 Å². The zero-order valence-electron chi connectivity index (χ0n) is 13.7. The molecular weight excluding hydrogens is 308 g/mol. The van der Waals surface area contributed by atoms with Crippen molar-refractivity contribution < 1.29 is 9.90 Å². The van der Waals surface area contributed by atoms with Gasteiger partial charge in [0.05, 0.1) is 0 Å². The fourth-order valence-corrected chi connectivity index (χ4v) is 2.51. The molecule has 0 aliphatic carbocycles. The van der Waals surface area contributed by atoms with Gasteiger partial charge < -0.3 is 5.11 Å². The monoisotopic (exact) mass is 326 g/mol. The zero-order chi connectivity index (χ0) is 17.5. The van der Waals surface area contributed by atoms with Crippen LogP contribution >= 0.6 is 0 Å². The fourth-order valence-electron chi connectivity index (χ4n) is 2.51. The summed E-state index contributed by atoms with van der Waals surface area (Å²) in [4.78, 5) is 12.6. The number of aliphatic hydroxyl groups excluding tert-OH is 1. The Bertz CT molecular complexity index is 893. The van der Waals surface area contributed by atoms with Gasteiger partial charge >= 0.3 is 0 Å². The summed E-state index contributed by atoms with van der Waals surface area (Å²) in [6, 6.07) is 27.9. The third kappa shape index (κ3) is 4.33. The van der Waals surface area contributed by atoms with Gasteiger partial charge in [-0.15, -0.1) is 0 Å². The smallest absolute Gasteiger partial charge is 0.186 e. The summed E-state index contributed by atoms with van der Waals surface area (Å²) in [5.41, 5.74) is 2.85. The first-order valence-electron chi connectivity index (χ1n) is 8.06. The first-order chi connectivity index (χ1) is 12.2. The van der Waals surface area contributed by atoms with Gasteiger partial charge in [-0.1, -0.05) is 91.0 Å². The van der Waals surface area contributed by atoms with Crippen LogP contribution in [-0.2, 0) is 0 Å². The molecule has 0 aliphatic rings. The molecule has 0 aromatic heterocycles. The van der Waals surface area contributed by atoms with E-state index >= 15 is 0 Å². The minimum Gasteiger partial charge on any atom is -0.507 e. The Balaban J connectivity index is 2.02. The van der Waals surface area contributed by atoms with Gasteiger partial charge in [-0.3, -0.25) is 4.79 Å². The van der Waals surface area contributed by atoms with Crippen molar-refractivity contribution >= 4 is 17.1 Å². The summed E-state index contributed by atoms with van der Waals surface area (Å²) < 4.78 is 0. The molecule has 3 aromatic rings. The first kappa shape index (κ1) is 16.5. The second-order valence-corrected chi connectivity index (χ2v) is 5.59. The Morgan fingerprint density at radius 3 is 1.56 bits per heavy atom. The van der Waals surface area contributed by atoms with Crippen molar-refractivity contribution in [1.29, 1.82) is 0 Å². The molecule has 2 nitrogen and oxygen atoms in total. The number of hydrogen-bond donors (Lipinski definition) is 1. The molecule has 2 heteroatoms. The largest absolute Gasteiger partial charge is 0.507 e. The average molecular weight is 326 g/mol. The quantitative estimate of drug-likeness (QED) is 0.289. The molecule has 0 radical (unpaired) electrons. The number of hydrogen-bond acceptors (Lipinski definition) is 2. The molecule has 0 fully saturated rings. The fraction of sp³-hybridized carbons (Fsp3) is 0. The van der Waals surface area contributed by atoms with E-state index in [1.165, 1.54) is 0 Å². The number of rotatable bonds is 5. The normalized spacial score (nSPS) is 12.0. The lowest BCUT2D eigenvalue weighted by atomic mass is 10.00. The second kappa shape index (κ2) is 7.93. The molecule has 0 amide bonds. The molecule has 0 heterocycles. The topological polar surface area (TPSA) is 37.3 Å². The Kier molecular flexibility index (Phi) is 5.22. The Hall–Kier alpha value is -3.39. The number of ketones is 1. The van der Waals surface area contributed by atoms with Gasteiger partial charge in [0, 0.05) is 11.1 Å². The van der Waals surface area contributed by atoms with Crippen molar-refractivity contribution in [3.63, 3.8) is 0 Å². The maximum absolute atomic E-state index is 12.6. The van der Waals surface area contributed by atoms with Gasteiger partial charge in [-0.2, -0.15) is 0 Å². The molecule has 0 unspecified atom stereocenters. The Labute approximate surface area is 147 Å². The molecule has 3 aromatic carbocycles. The maximum atomic E-state index is 12.6. The highest BCUT2D eigenvalue weighted by atomic mass is 16.3. The third-order valence-electron chi connectivity index (χ3n) is 3.81. The number of benzene rings is 3. The highest BCUT2D eigenvalue weighted by molar-refractivity contribution is 6.10. The Morgan fingerprint density at radius 2 is 1.04 bits per heavy atom. The minimum atomic E-state index is -0.100. The lowest BCUT2D eigenvalue weighted by Crippen LogP contribution is -1.96. The van der Waals surface area contributed by atoms with Crippen molar-refractivity contribution in [3.05, 3.63) is 120 Å². The summed E-state index contributed by atoms with van der Waals surface area (Å²) in [5, 5.41) is 10.4. The predicted octanol–water partition coefficient (Wildman–Crippen LogP) is 5.55. The van der Waals surface area contributed by atoms with E-state index in [2.05, 4.69) is 0 Å². The van der Waals surface area contributed by atoms with Crippen LogP contribution in [0, 0.1) is 0 Å². The first-order valence-corrected chi connectivity index (χ1v) is 8.06. The number of carbonyl (C=O) groups excluding carboxylic acids is 1. The highest BCUT2D eigenvalue weighted by Crippen LogP contribution is 2.22. The summed E-state index contributed by atoms with van der Waals surface area (Å²) >= 11 is 0. The second-order valence-electron chi connectivity index (χ2n) is 5.59. The van der Waals surface area contributed by atoms with Crippen LogP contribution < -0.4 is 0 Å². The van der Waals surface area contributed by atoms with E-state index in [4.69, 9.17) is 0 Å². The van der Waals surface area contributed by atoms with Gasteiger partial charge in [0.15, 0.2) is 5.78 Å². The number of aliphatic hydroxyl groups is 1. The van der Waals surface area contributed by atoms with Crippen molar-refractivity contribution in [3.8, 4) is 0 Å². The van der Waals surface area contributed by atoms with Gasteiger partial charge in [-0.25, -0.2) is 0 Å². The molecule has 0 saturated carbocycles. The lowest BCUT2D eigenvalue weighted by molar-refractivity contribution is 0.104. The van der Waals surface area contributed by atoms with Gasteiger partial charge in [-0.05, 0) is 23.3 Å². The number of allylic oxidation sites excluding steroid dienone is 3. The van der Waals surface area contributed by atoms with E-state index in [0.717, 1.165) is 5.56 Å². The third-order valence-corrected chi connectivity index (χ3v) is 3.81. The van der Waals surface area contributed by atoms with Crippen molar-refractivity contribution in [2.24, 2.45) is 0 Å². The molecular formula is C23H18O2. The summed E-state index contributed by atoms with van der Waals surface area (Å²) in [7, 11) is 0.